The summed E-state index contributed by atoms with van der Waals surface area (Å²) in [6.45, 7) is 4.80. The van der Waals surface area contributed by atoms with Crippen molar-refractivity contribution in [3.8, 4) is 0 Å². The molecular weight excluding hydrogens is 296 g/mol. The maximum atomic E-state index is 11.7. The molecule has 1 heterocycles. The Labute approximate surface area is 116 Å². The second kappa shape index (κ2) is 5.41. The first kappa shape index (κ1) is 13.6. The van der Waals surface area contributed by atoms with Gasteiger partial charge < -0.3 is 9.47 Å². The number of hydrogen-bond acceptors (Lipinski definition) is 3. The standard InChI is InChI=1S/C14H17BrO3/c1-8-6-10-4-5-18-9(2)12(10)11(7-8)13(15)14(16)17-3/h6-7,9,13H,4-5H2,1-3H3/t9-,13?/m1/s1. The first-order chi connectivity index (χ1) is 8.54. The molecule has 1 aromatic rings. The fraction of sp³-hybridized carbons (Fsp3) is 0.500. The van der Waals surface area contributed by atoms with Crippen molar-refractivity contribution < 1.29 is 14.3 Å². The molecular formula is C14H17BrO3. The predicted molar refractivity (Wildman–Crippen MR) is 72.9 cm³/mol. The Bertz CT molecular complexity index is 470. The van der Waals surface area contributed by atoms with Crippen molar-refractivity contribution in [2.45, 2.75) is 31.2 Å². The zero-order valence-electron chi connectivity index (χ0n) is 10.8. The lowest BCUT2D eigenvalue weighted by Gasteiger charge is -2.27. The number of esters is 1. The van der Waals surface area contributed by atoms with Crippen LogP contribution in [0.25, 0.3) is 0 Å². The Morgan fingerprint density at radius 2 is 2.28 bits per heavy atom. The summed E-state index contributed by atoms with van der Waals surface area (Å²) < 4.78 is 10.5. The molecule has 1 aliphatic rings. The summed E-state index contributed by atoms with van der Waals surface area (Å²) in [5.74, 6) is -0.277. The van der Waals surface area contributed by atoms with Gasteiger partial charge in [-0.25, -0.2) is 0 Å². The molecule has 0 saturated heterocycles. The van der Waals surface area contributed by atoms with Gasteiger partial charge in [0.15, 0.2) is 0 Å². The highest BCUT2D eigenvalue weighted by molar-refractivity contribution is 9.09. The summed E-state index contributed by atoms with van der Waals surface area (Å²) in [7, 11) is 1.40. The van der Waals surface area contributed by atoms with E-state index >= 15 is 0 Å². The lowest BCUT2D eigenvalue weighted by Crippen LogP contribution is -2.19. The van der Waals surface area contributed by atoms with E-state index in [-0.39, 0.29) is 12.1 Å². The lowest BCUT2D eigenvalue weighted by molar-refractivity contribution is -0.139. The summed E-state index contributed by atoms with van der Waals surface area (Å²) in [6.07, 6.45) is 0.920. The monoisotopic (exact) mass is 312 g/mol. The molecule has 0 bridgehead atoms. The number of ether oxygens (including phenoxy) is 2. The SMILES string of the molecule is COC(=O)C(Br)c1cc(C)cc2c1[C@@H](C)OCC2. The highest BCUT2D eigenvalue weighted by Gasteiger charge is 2.27. The van der Waals surface area contributed by atoms with Crippen LogP contribution in [0.3, 0.4) is 0 Å². The number of rotatable bonds is 2. The number of carbonyl (C=O) groups excluding carboxylic acids is 1. The number of aryl methyl sites for hydroxylation is 1. The highest BCUT2D eigenvalue weighted by atomic mass is 79.9. The van der Waals surface area contributed by atoms with Gasteiger partial charge in [-0.3, -0.25) is 4.79 Å². The maximum absolute atomic E-state index is 11.7. The Morgan fingerprint density at radius 1 is 1.56 bits per heavy atom. The van der Waals surface area contributed by atoms with Crippen LogP contribution in [0.1, 0.15) is 40.1 Å². The van der Waals surface area contributed by atoms with Gasteiger partial charge in [0.05, 0.1) is 19.8 Å². The Morgan fingerprint density at radius 3 is 2.94 bits per heavy atom. The predicted octanol–water partition coefficient (Wildman–Crippen LogP) is 3.24. The summed E-state index contributed by atoms with van der Waals surface area (Å²) >= 11 is 3.42. The maximum Gasteiger partial charge on any atom is 0.324 e. The molecule has 0 spiro atoms. The molecule has 4 heteroatoms. The van der Waals surface area contributed by atoms with E-state index in [1.165, 1.54) is 12.7 Å². The van der Waals surface area contributed by atoms with Gasteiger partial charge in [-0.1, -0.05) is 33.6 Å². The van der Waals surface area contributed by atoms with E-state index in [0.29, 0.717) is 0 Å². The molecule has 0 aromatic heterocycles. The molecule has 0 radical (unpaired) electrons. The van der Waals surface area contributed by atoms with Crippen LogP contribution in [0.4, 0.5) is 0 Å². The average Bonchev–Trinajstić information content (AvgIpc) is 2.36. The van der Waals surface area contributed by atoms with Crippen LogP contribution >= 0.6 is 15.9 Å². The number of benzene rings is 1. The topological polar surface area (TPSA) is 35.5 Å². The minimum atomic E-state index is -0.430. The van der Waals surface area contributed by atoms with Crippen molar-refractivity contribution in [2.24, 2.45) is 0 Å². The van der Waals surface area contributed by atoms with Crippen LogP contribution in [-0.4, -0.2) is 19.7 Å². The first-order valence-electron chi connectivity index (χ1n) is 6.01. The van der Waals surface area contributed by atoms with E-state index in [0.717, 1.165) is 29.7 Å². The largest absolute Gasteiger partial charge is 0.468 e. The molecule has 98 valence electrons. The van der Waals surface area contributed by atoms with Gasteiger partial charge in [0.2, 0.25) is 0 Å². The van der Waals surface area contributed by atoms with Crippen molar-refractivity contribution in [1.82, 2.24) is 0 Å². The first-order valence-corrected chi connectivity index (χ1v) is 6.93. The highest BCUT2D eigenvalue weighted by Crippen LogP contribution is 2.37. The van der Waals surface area contributed by atoms with E-state index in [2.05, 4.69) is 22.0 Å². The second-order valence-electron chi connectivity index (χ2n) is 4.58. The van der Waals surface area contributed by atoms with Gasteiger partial charge in [-0.2, -0.15) is 0 Å². The molecule has 1 unspecified atom stereocenters. The Kier molecular flexibility index (Phi) is 4.07. The molecule has 0 aliphatic carbocycles. The molecule has 0 N–H and O–H groups in total. The van der Waals surface area contributed by atoms with Crippen molar-refractivity contribution in [3.63, 3.8) is 0 Å². The summed E-state index contributed by atoms with van der Waals surface area (Å²) in [4.78, 5) is 11.3. The van der Waals surface area contributed by atoms with E-state index in [1.54, 1.807) is 0 Å². The van der Waals surface area contributed by atoms with Gasteiger partial charge in [0.25, 0.3) is 0 Å². The number of alkyl halides is 1. The smallest absolute Gasteiger partial charge is 0.324 e. The van der Waals surface area contributed by atoms with Gasteiger partial charge in [-0.15, -0.1) is 0 Å². The average molecular weight is 313 g/mol. The van der Waals surface area contributed by atoms with Crippen molar-refractivity contribution >= 4 is 21.9 Å². The summed E-state index contributed by atoms with van der Waals surface area (Å²) in [5, 5.41) is 0. The molecule has 0 saturated carbocycles. The van der Waals surface area contributed by atoms with Gasteiger partial charge in [0.1, 0.15) is 4.83 Å². The molecule has 1 aliphatic heterocycles. The van der Waals surface area contributed by atoms with Crippen molar-refractivity contribution in [3.05, 3.63) is 34.4 Å². The van der Waals surface area contributed by atoms with E-state index in [4.69, 9.17) is 9.47 Å². The van der Waals surface area contributed by atoms with Crippen LogP contribution in [-0.2, 0) is 20.7 Å². The third-order valence-corrected chi connectivity index (χ3v) is 4.14. The normalized spacial score (nSPS) is 20.1. The Hall–Kier alpha value is -0.870. The number of fused-ring (bicyclic) bond motifs is 1. The summed E-state index contributed by atoms with van der Waals surface area (Å²) in [5.41, 5.74) is 4.52. The van der Waals surface area contributed by atoms with Gasteiger partial charge in [-0.05, 0) is 37.0 Å². The molecule has 3 nitrogen and oxygen atoms in total. The van der Waals surface area contributed by atoms with Crippen LogP contribution in [0.15, 0.2) is 12.1 Å². The van der Waals surface area contributed by atoms with E-state index in [1.807, 2.05) is 19.9 Å². The molecule has 0 fully saturated rings. The van der Waals surface area contributed by atoms with Crippen molar-refractivity contribution in [1.29, 1.82) is 0 Å². The van der Waals surface area contributed by atoms with Crippen LogP contribution in [0.2, 0.25) is 0 Å². The number of carbonyl (C=O) groups is 1. The number of methoxy groups -OCH3 is 1. The van der Waals surface area contributed by atoms with Crippen LogP contribution < -0.4 is 0 Å². The third kappa shape index (κ3) is 2.45. The third-order valence-electron chi connectivity index (χ3n) is 3.27. The quantitative estimate of drug-likeness (QED) is 0.621. The molecule has 18 heavy (non-hydrogen) atoms. The molecule has 2 rings (SSSR count). The number of halogens is 1. The molecule has 1 aromatic carbocycles. The second-order valence-corrected chi connectivity index (χ2v) is 5.49. The van der Waals surface area contributed by atoms with Crippen molar-refractivity contribution in [2.75, 3.05) is 13.7 Å². The zero-order chi connectivity index (χ0) is 13.3. The van der Waals surface area contributed by atoms with Gasteiger partial charge in [0, 0.05) is 0 Å². The van der Waals surface area contributed by atoms with Crippen LogP contribution in [0, 0.1) is 6.92 Å². The van der Waals surface area contributed by atoms with E-state index < -0.39 is 4.83 Å². The zero-order valence-corrected chi connectivity index (χ0v) is 12.4. The minimum absolute atomic E-state index is 0.0223. The van der Waals surface area contributed by atoms with Gasteiger partial charge >= 0.3 is 5.97 Å². The minimum Gasteiger partial charge on any atom is -0.468 e. The fourth-order valence-electron chi connectivity index (χ4n) is 2.47. The van der Waals surface area contributed by atoms with E-state index in [9.17, 15) is 4.79 Å². The Balaban J connectivity index is 2.52. The number of hydrogen-bond donors (Lipinski definition) is 0. The molecule has 0 amide bonds. The van der Waals surface area contributed by atoms with Crippen LogP contribution in [0.5, 0.6) is 0 Å². The lowest BCUT2D eigenvalue weighted by atomic mass is 9.90. The fourth-order valence-corrected chi connectivity index (χ4v) is 3.04. The molecule has 2 atom stereocenters. The summed E-state index contributed by atoms with van der Waals surface area (Å²) in [6, 6.07) is 4.20.